The molecule has 5 heteroatoms. The Bertz CT molecular complexity index is 3400. The number of rotatable bonds is 4. The number of nitriles is 1. The molecule has 0 aliphatic heterocycles. The van der Waals surface area contributed by atoms with E-state index in [-0.39, 0.29) is 0 Å². The summed E-state index contributed by atoms with van der Waals surface area (Å²) >= 11 is 0. The third kappa shape index (κ3) is 4.45. The molecular weight excluding hydrogens is 671 g/mol. The summed E-state index contributed by atoms with van der Waals surface area (Å²) in [5, 5.41) is 17.3. The van der Waals surface area contributed by atoms with Crippen molar-refractivity contribution in [2.24, 2.45) is 0 Å². The molecule has 0 spiro atoms. The zero-order valence-corrected chi connectivity index (χ0v) is 29.5. The fourth-order valence-corrected chi connectivity index (χ4v) is 8.72. The minimum atomic E-state index is 0.603. The van der Waals surface area contributed by atoms with Crippen molar-refractivity contribution in [2.45, 2.75) is 0 Å². The molecule has 0 saturated heterocycles. The Morgan fingerprint density at radius 2 is 0.927 bits per heavy atom. The van der Waals surface area contributed by atoms with E-state index >= 15 is 0 Å². The van der Waals surface area contributed by atoms with E-state index in [9.17, 15) is 5.26 Å². The van der Waals surface area contributed by atoms with Crippen LogP contribution >= 0.6 is 0 Å². The van der Waals surface area contributed by atoms with Crippen molar-refractivity contribution in [2.75, 3.05) is 0 Å². The highest BCUT2D eigenvalue weighted by Gasteiger charge is 2.19. The molecule has 11 aromatic rings. The maximum atomic E-state index is 10.5. The number of hydrogen-bond acceptors (Lipinski definition) is 1. The zero-order valence-electron chi connectivity index (χ0n) is 29.5. The molecule has 55 heavy (non-hydrogen) atoms. The Balaban J connectivity index is 1.09. The molecule has 0 bridgehead atoms. The van der Waals surface area contributed by atoms with Crippen molar-refractivity contribution in [1.82, 2.24) is 13.7 Å². The van der Waals surface area contributed by atoms with Crippen LogP contribution in [-0.2, 0) is 0 Å². The van der Waals surface area contributed by atoms with Crippen LogP contribution in [0.15, 0.2) is 176 Å². The largest absolute Gasteiger partial charge is 0.311 e. The van der Waals surface area contributed by atoms with Crippen molar-refractivity contribution in [3.8, 4) is 34.3 Å². The summed E-state index contributed by atoms with van der Waals surface area (Å²) < 4.78 is 6.83. The predicted octanol–water partition coefficient (Wildman–Crippen LogP) is 13.1. The molecule has 0 fully saturated rings. The van der Waals surface area contributed by atoms with Crippen molar-refractivity contribution in [3.63, 3.8) is 0 Å². The number of benzene rings is 8. The van der Waals surface area contributed by atoms with E-state index in [2.05, 4.69) is 164 Å². The molecule has 5 nitrogen and oxygen atoms in total. The molecule has 8 aromatic carbocycles. The molecule has 0 radical (unpaired) electrons. The first kappa shape index (κ1) is 30.7. The van der Waals surface area contributed by atoms with Gasteiger partial charge in [-0.05, 0) is 83.2 Å². The Morgan fingerprint density at radius 3 is 1.56 bits per heavy atom. The second-order valence-electron chi connectivity index (χ2n) is 13.9. The fourth-order valence-electron chi connectivity index (χ4n) is 8.72. The van der Waals surface area contributed by atoms with E-state index < -0.39 is 0 Å². The maximum Gasteiger partial charge on any atom is 0.197 e. The van der Waals surface area contributed by atoms with Crippen LogP contribution in [0.1, 0.15) is 5.56 Å². The topological polar surface area (TPSA) is 42.9 Å². The summed E-state index contributed by atoms with van der Waals surface area (Å²) in [5.41, 5.74) is 12.7. The fraction of sp³-hybridized carbons (Fsp3) is 0. The molecule has 0 atom stereocenters. The number of aromatic nitrogens is 3. The Kier molecular flexibility index (Phi) is 6.61. The maximum absolute atomic E-state index is 10.5. The molecule has 0 aliphatic carbocycles. The van der Waals surface area contributed by atoms with Gasteiger partial charge in [-0.2, -0.15) is 5.26 Å². The Hall–Kier alpha value is -7.86. The smallest absolute Gasteiger partial charge is 0.197 e. The molecule has 11 rings (SSSR count). The van der Waals surface area contributed by atoms with Crippen LogP contribution < -0.4 is 0 Å². The number of nitrogens with zero attached hydrogens (tertiary/aromatic N) is 5. The van der Waals surface area contributed by atoms with Crippen LogP contribution in [0.4, 0.5) is 5.69 Å². The Morgan fingerprint density at radius 1 is 0.418 bits per heavy atom. The van der Waals surface area contributed by atoms with Crippen molar-refractivity contribution < 1.29 is 0 Å². The van der Waals surface area contributed by atoms with E-state index in [1.807, 2.05) is 36.4 Å². The van der Waals surface area contributed by atoms with Gasteiger partial charge in [0.05, 0.1) is 45.4 Å². The van der Waals surface area contributed by atoms with Gasteiger partial charge in [-0.25, -0.2) is 4.85 Å². The first-order valence-electron chi connectivity index (χ1n) is 18.3. The normalized spacial score (nSPS) is 11.6. The zero-order chi connectivity index (χ0) is 36.6. The molecule has 3 heterocycles. The van der Waals surface area contributed by atoms with Crippen LogP contribution in [0.5, 0.6) is 0 Å². The summed E-state index contributed by atoms with van der Waals surface area (Å²) in [6, 6.07) is 63.7. The minimum absolute atomic E-state index is 0.603. The van der Waals surface area contributed by atoms with Crippen LogP contribution in [0.3, 0.4) is 0 Å². The number of hydrogen-bond donors (Lipinski definition) is 0. The quantitative estimate of drug-likeness (QED) is 0.169. The summed E-state index contributed by atoms with van der Waals surface area (Å²) in [5.74, 6) is 0. The lowest BCUT2D eigenvalue weighted by Crippen LogP contribution is -2.00. The van der Waals surface area contributed by atoms with Gasteiger partial charge in [-0.3, -0.25) is 0 Å². The molecular formula is C50H29N5. The molecule has 254 valence electrons. The highest BCUT2D eigenvalue weighted by molar-refractivity contribution is 6.15. The van der Waals surface area contributed by atoms with E-state index in [4.69, 9.17) is 6.57 Å². The summed E-state index contributed by atoms with van der Waals surface area (Å²) in [6.45, 7) is 7.82. The third-order valence-corrected chi connectivity index (χ3v) is 11.1. The number of para-hydroxylation sites is 4. The van der Waals surface area contributed by atoms with Crippen LogP contribution in [0, 0.1) is 17.9 Å². The summed E-state index contributed by atoms with van der Waals surface area (Å²) in [4.78, 5) is 3.84. The van der Waals surface area contributed by atoms with Crippen LogP contribution in [0.2, 0.25) is 0 Å². The van der Waals surface area contributed by atoms with Gasteiger partial charge < -0.3 is 13.7 Å². The average molecular weight is 700 g/mol. The van der Waals surface area contributed by atoms with E-state index in [1.165, 1.54) is 10.8 Å². The van der Waals surface area contributed by atoms with Crippen LogP contribution in [-0.4, -0.2) is 13.7 Å². The van der Waals surface area contributed by atoms with E-state index in [0.717, 1.165) is 82.8 Å². The summed E-state index contributed by atoms with van der Waals surface area (Å²) in [6.07, 6.45) is 0. The molecule has 0 unspecified atom stereocenters. The second kappa shape index (κ2) is 11.8. The molecule has 0 saturated carbocycles. The van der Waals surface area contributed by atoms with Gasteiger partial charge in [0.15, 0.2) is 5.69 Å². The first-order valence-corrected chi connectivity index (χ1v) is 18.3. The second-order valence-corrected chi connectivity index (χ2v) is 13.9. The van der Waals surface area contributed by atoms with Gasteiger partial charge in [0.1, 0.15) is 6.07 Å². The van der Waals surface area contributed by atoms with Crippen molar-refractivity contribution in [3.05, 3.63) is 193 Å². The van der Waals surface area contributed by atoms with E-state index in [0.29, 0.717) is 11.3 Å². The third-order valence-electron chi connectivity index (χ3n) is 11.1. The van der Waals surface area contributed by atoms with Gasteiger partial charge in [-0.15, -0.1) is 0 Å². The monoisotopic (exact) mass is 699 g/mol. The SMILES string of the molecule is [C-]#[N+]c1cccc2c1c1ccccc1n2-c1ccc(-c2ccc(C#N)c(-n3c4ccccc4c4ccc(-n5c6ccccc6c6ccccc65)cc43)c2)cc1. The average Bonchev–Trinajstić information content (AvgIpc) is 3.89. The van der Waals surface area contributed by atoms with Gasteiger partial charge in [-0.1, -0.05) is 109 Å². The van der Waals surface area contributed by atoms with Gasteiger partial charge in [0.2, 0.25) is 0 Å². The minimum Gasteiger partial charge on any atom is -0.311 e. The lowest BCUT2D eigenvalue weighted by molar-refractivity contribution is 1.15. The van der Waals surface area contributed by atoms with Crippen LogP contribution in [0.25, 0.3) is 98.5 Å². The van der Waals surface area contributed by atoms with Gasteiger partial charge >= 0.3 is 0 Å². The summed E-state index contributed by atoms with van der Waals surface area (Å²) in [7, 11) is 0. The standard InChI is InChI=1S/C50H29N5/c1-52-42-15-10-20-47-50(42)41-14-5-9-19-46(41)53(47)35-25-23-32(24-26-35)33-21-22-34(31-51)48(29-33)55-45-18-8-4-13-39(45)40-28-27-36(30-49(40)55)54-43-16-6-2-11-37(43)38-12-3-7-17-44(38)54/h2-30H. The molecule has 0 amide bonds. The molecule has 0 aliphatic rings. The lowest BCUT2D eigenvalue weighted by atomic mass is 10.0. The number of fused-ring (bicyclic) bond motifs is 9. The highest BCUT2D eigenvalue weighted by atomic mass is 15.0. The van der Waals surface area contributed by atoms with Gasteiger partial charge in [0.25, 0.3) is 0 Å². The highest BCUT2D eigenvalue weighted by Crippen LogP contribution is 2.40. The lowest BCUT2D eigenvalue weighted by Gasteiger charge is -2.14. The van der Waals surface area contributed by atoms with Gasteiger partial charge in [0, 0.05) is 43.8 Å². The van der Waals surface area contributed by atoms with E-state index in [1.54, 1.807) is 0 Å². The molecule has 3 aromatic heterocycles. The van der Waals surface area contributed by atoms with Crippen molar-refractivity contribution in [1.29, 1.82) is 5.26 Å². The predicted molar refractivity (Wildman–Crippen MR) is 226 cm³/mol. The Labute approximate surface area is 316 Å². The van der Waals surface area contributed by atoms with Crippen molar-refractivity contribution >= 4 is 71.1 Å². The first-order chi connectivity index (χ1) is 27.2. The molecule has 0 N–H and O–H groups in total.